The van der Waals surface area contributed by atoms with E-state index in [9.17, 15) is 4.79 Å². The maximum atomic E-state index is 12.4. The number of hydrogen-bond acceptors (Lipinski definition) is 2. The largest absolute Gasteiger partial charge is 0.496 e. The van der Waals surface area contributed by atoms with Crippen molar-refractivity contribution in [3.63, 3.8) is 0 Å². The number of benzene rings is 2. The first-order valence-electron chi connectivity index (χ1n) is 5.56. The summed E-state index contributed by atoms with van der Waals surface area (Å²) in [7, 11) is 1.55. The molecule has 0 aliphatic rings. The predicted molar refractivity (Wildman–Crippen MR) is 72.6 cm³/mol. The number of carbonyl (C=O) groups is 1. The maximum Gasteiger partial charge on any atom is 0.196 e. The summed E-state index contributed by atoms with van der Waals surface area (Å²) >= 11 is 5.97. The third kappa shape index (κ3) is 2.54. The second-order valence-electron chi connectivity index (χ2n) is 4.05. The van der Waals surface area contributed by atoms with Crippen LogP contribution >= 0.6 is 11.6 Å². The van der Waals surface area contributed by atoms with E-state index in [4.69, 9.17) is 16.3 Å². The number of rotatable bonds is 3. The summed E-state index contributed by atoms with van der Waals surface area (Å²) in [6.45, 7) is 1.91. The fourth-order valence-corrected chi connectivity index (χ4v) is 2.14. The molecular weight excluding hydrogens is 248 g/mol. The van der Waals surface area contributed by atoms with E-state index in [2.05, 4.69) is 0 Å². The Balaban J connectivity index is 2.47. The van der Waals surface area contributed by atoms with Crippen molar-refractivity contribution in [1.82, 2.24) is 0 Å². The van der Waals surface area contributed by atoms with E-state index in [-0.39, 0.29) is 5.78 Å². The zero-order valence-corrected chi connectivity index (χ0v) is 11.0. The topological polar surface area (TPSA) is 26.3 Å². The summed E-state index contributed by atoms with van der Waals surface area (Å²) in [5, 5.41) is 0.563. The summed E-state index contributed by atoms with van der Waals surface area (Å²) in [6, 6.07) is 12.5. The van der Waals surface area contributed by atoms with Gasteiger partial charge in [0.1, 0.15) is 5.75 Å². The fraction of sp³-hybridized carbons (Fsp3) is 0.133. The summed E-state index contributed by atoms with van der Waals surface area (Å²) in [6.07, 6.45) is 0. The highest BCUT2D eigenvalue weighted by Gasteiger charge is 2.14. The Hall–Kier alpha value is -1.80. The molecule has 0 fully saturated rings. The van der Waals surface area contributed by atoms with Gasteiger partial charge < -0.3 is 4.74 Å². The molecule has 2 rings (SSSR count). The highest BCUT2D eigenvalue weighted by molar-refractivity contribution is 6.31. The number of para-hydroxylation sites is 1. The van der Waals surface area contributed by atoms with Crippen molar-refractivity contribution in [2.45, 2.75) is 6.92 Å². The number of methoxy groups -OCH3 is 1. The van der Waals surface area contributed by atoms with Gasteiger partial charge in [-0.1, -0.05) is 23.7 Å². The Morgan fingerprint density at radius 3 is 2.56 bits per heavy atom. The van der Waals surface area contributed by atoms with Gasteiger partial charge in [-0.15, -0.1) is 0 Å². The van der Waals surface area contributed by atoms with Gasteiger partial charge in [0.05, 0.1) is 12.7 Å². The quantitative estimate of drug-likeness (QED) is 0.783. The molecule has 0 N–H and O–H groups in total. The molecule has 2 aromatic rings. The lowest BCUT2D eigenvalue weighted by Crippen LogP contribution is -2.04. The van der Waals surface area contributed by atoms with Crippen molar-refractivity contribution < 1.29 is 9.53 Å². The Labute approximate surface area is 111 Å². The second kappa shape index (κ2) is 5.23. The zero-order valence-electron chi connectivity index (χ0n) is 10.2. The highest BCUT2D eigenvalue weighted by Crippen LogP contribution is 2.23. The van der Waals surface area contributed by atoms with Crippen LogP contribution in [0.3, 0.4) is 0 Å². The number of ketones is 1. The van der Waals surface area contributed by atoms with Crippen LogP contribution in [-0.4, -0.2) is 12.9 Å². The lowest BCUT2D eigenvalue weighted by Gasteiger charge is -2.08. The summed E-state index contributed by atoms with van der Waals surface area (Å²) < 4.78 is 5.19. The van der Waals surface area contributed by atoms with E-state index < -0.39 is 0 Å². The van der Waals surface area contributed by atoms with Gasteiger partial charge in [-0.2, -0.15) is 0 Å². The summed E-state index contributed by atoms with van der Waals surface area (Å²) in [5.41, 5.74) is 2.08. The van der Waals surface area contributed by atoms with Gasteiger partial charge in [0.2, 0.25) is 0 Å². The molecule has 0 bridgehead atoms. The molecule has 0 saturated carbocycles. The molecule has 0 aliphatic heterocycles. The molecule has 3 heteroatoms. The first-order valence-corrected chi connectivity index (χ1v) is 5.94. The number of hydrogen-bond donors (Lipinski definition) is 0. The van der Waals surface area contributed by atoms with Crippen LogP contribution in [0, 0.1) is 6.92 Å². The van der Waals surface area contributed by atoms with E-state index in [1.165, 1.54) is 0 Å². The Bertz CT molecular complexity index is 571. The summed E-state index contributed by atoms with van der Waals surface area (Å²) in [4.78, 5) is 12.4. The molecule has 2 aromatic carbocycles. The third-order valence-electron chi connectivity index (χ3n) is 2.66. The van der Waals surface area contributed by atoms with Crippen LogP contribution in [0.2, 0.25) is 5.02 Å². The first-order chi connectivity index (χ1) is 8.61. The van der Waals surface area contributed by atoms with Gasteiger partial charge in [-0.05, 0) is 42.8 Å². The highest BCUT2D eigenvalue weighted by atomic mass is 35.5. The summed E-state index contributed by atoms with van der Waals surface area (Å²) in [5.74, 6) is 0.484. The van der Waals surface area contributed by atoms with Crippen molar-refractivity contribution in [1.29, 1.82) is 0 Å². The Morgan fingerprint density at radius 1 is 1.17 bits per heavy atom. The van der Waals surface area contributed by atoms with E-state index >= 15 is 0 Å². The van der Waals surface area contributed by atoms with Gasteiger partial charge in [0.15, 0.2) is 5.78 Å². The number of halogens is 1. The lowest BCUT2D eigenvalue weighted by atomic mass is 10.0. The van der Waals surface area contributed by atoms with Crippen LogP contribution in [-0.2, 0) is 0 Å². The fourth-order valence-electron chi connectivity index (χ4n) is 1.86. The Kier molecular flexibility index (Phi) is 3.68. The van der Waals surface area contributed by atoms with Gasteiger partial charge in [-0.25, -0.2) is 0 Å². The molecule has 0 saturated heterocycles. The Morgan fingerprint density at radius 2 is 1.89 bits per heavy atom. The van der Waals surface area contributed by atoms with Crippen molar-refractivity contribution >= 4 is 17.4 Å². The number of ether oxygens (including phenoxy) is 1. The molecule has 0 unspecified atom stereocenters. The molecule has 0 spiro atoms. The average Bonchev–Trinajstić information content (AvgIpc) is 2.36. The third-order valence-corrected chi connectivity index (χ3v) is 2.87. The molecule has 0 atom stereocenters. The van der Waals surface area contributed by atoms with Crippen LogP contribution in [0.15, 0.2) is 42.5 Å². The van der Waals surface area contributed by atoms with Gasteiger partial charge in [0.25, 0.3) is 0 Å². The molecule has 2 nitrogen and oxygen atoms in total. The monoisotopic (exact) mass is 260 g/mol. The average molecular weight is 261 g/mol. The van der Waals surface area contributed by atoms with E-state index in [1.807, 2.05) is 31.2 Å². The van der Waals surface area contributed by atoms with E-state index in [0.717, 1.165) is 5.56 Å². The van der Waals surface area contributed by atoms with Crippen LogP contribution in [0.1, 0.15) is 21.5 Å². The first kappa shape index (κ1) is 12.7. The van der Waals surface area contributed by atoms with E-state index in [0.29, 0.717) is 21.9 Å². The molecule has 0 radical (unpaired) electrons. The minimum atomic E-state index is -0.0851. The normalized spacial score (nSPS) is 10.2. The number of carbonyl (C=O) groups excluding carboxylic acids is 1. The van der Waals surface area contributed by atoms with Crippen LogP contribution in [0.4, 0.5) is 0 Å². The standard InChI is InChI=1S/C15H13ClO2/c1-10-7-11(9-12(16)8-10)15(17)13-5-3-4-6-14(13)18-2/h3-9H,1-2H3. The molecular formula is C15H13ClO2. The molecule has 0 heterocycles. The van der Waals surface area contributed by atoms with E-state index in [1.54, 1.807) is 25.3 Å². The second-order valence-corrected chi connectivity index (χ2v) is 4.48. The molecule has 0 aromatic heterocycles. The van der Waals surface area contributed by atoms with Gasteiger partial charge in [-0.3, -0.25) is 4.79 Å². The van der Waals surface area contributed by atoms with Crippen LogP contribution < -0.4 is 4.74 Å². The SMILES string of the molecule is COc1ccccc1C(=O)c1cc(C)cc(Cl)c1. The van der Waals surface area contributed by atoms with Crippen molar-refractivity contribution in [3.05, 3.63) is 64.2 Å². The minimum Gasteiger partial charge on any atom is -0.496 e. The smallest absolute Gasteiger partial charge is 0.196 e. The van der Waals surface area contributed by atoms with Crippen molar-refractivity contribution in [2.24, 2.45) is 0 Å². The van der Waals surface area contributed by atoms with Gasteiger partial charge >= 0.3 is 0 Å². The van der Waals surface area contributed by atoms with Crippen molar-refractivity contribution in [2.75, 3.05) is 7.11 Å². The zero-order chi connectivity index (χ0) is 13.1. The maximum absolute atomic E-state index is 12.4. The van der Waals surface area contributed by atoms with Crippen molar-refractivity contribution in [3.8, 4) is 5.75 Å². The molecule has 18 heavy (non-hydrogen) atoms. The minimum absolute atomic E-state index is 0.0851. The van der Waals surface area contributed by atoms with Crippen LogP contribution in [0.5, 0.6) is 5.75 Å². The molecule has 0 amide bonds. The van der Waals surface area contributed by atoms with Crippen LogP contribution in [0.25, 0.3) is 0 Å². The molecule has 92 valence electrons. The lowest BCUT2D eigenvalue weighted by molar-refractivity contribution is 0.103. The predicted octanol–water partition coefficient (Wildman–Crippen LogP) is 3.89. The molecule has 0 aliphatic carbocycles. The van der Waals surface area contributed by atoms with Gasteiger partial charge in [0, 0.05) is 10.6 Å². The number of aryl methyl sites for hydroxylation is 1.